The highest BCUT2D eigenvalue weighted by Crippen LogP contribution is 2.34. The Morgan fingerprint density at radius 3 is 2.67 bits per heavy atom. The van der Waals surface area contributed by atoms with Crippen molar-refractivity contribution in [1.29, 1.82) is 0 Å². The summed E-state index contributed by atoms with van der Waals surface area (Å²) in [4.78, 5) is 25.3. The number of ketones is 1. The van der Waals surface area contributed by atoms with Gasteiger partial charge in [-0.1, -0.05) is 33.6 Å². The lowest BCUT2D eigenvalue weighted by molar-refractivity contribution is -0.114. The number of hydrogen-bond donors (Lipinski definition) is 0. The monoisotopic (exact) mass is 367 g/mol. The zero-order valence-corrected chi connectivity index (χ0v) is 12.9. The van der Waals surface area contributed by atoms with Gasteiger partial charge in [0.05, 0.1) is 17.8 Å². The molecule has 0 N–H and O–H groups in total. The third-order valence-electron chi connectivity index (χ3n) is 3.31. The van der Waals surface area contributed by atoms with Crippen molar-refractivity contribution in [2.24, 2.45) is 0 Å². The van der Waals surface area contributed by atoms with Crippen LogP contribution in [0.3, 0.4) is 0 Å². The molecule has 0 aromatic heterocycles. The summed E-state index contributed by atoms with van der Waals surface area (Å²) >= 11 is 9.28. The van der Waals surface area contributed by atoms with Gasteiger partial charge < -0.3 is 4.90 Å². The van der Waals surface area contributed by atoms with Gasteiger partial charge in [0.1, 0.15) is 5.82 Å². The molecule has 1 heterocycles. The van der Waals surface area contributed by atoms with Gasteiger partial charge in [0, 0.05) is 15.1 Å². The van der Waals surface area contributed by atoms with Gasteiger partial charge in [-0.05, 0) is 30.3 Å². The second-order valence-electron chi connectivity index (χ2n) is 4.58. The van der Waals surface area contributed by atoms with Crippen LogP contribution >= 0.6 is 27.5 Å². The van der Waals surface area contributed by atoms with Crippen LogP contribution in [0.4, 0.5) is 10.1 Å². The smallest absolute Gasteiger partial charge is 0.299 e. The van der Waals surface area contributed by atoms with Crippen LogP contribution in [0, 0.1) is 5.82 Å². The van der Waals surface area contributed by atoms with Gasteiger partial charge in [-0.25, -0.2) is 4.39 Å². The molecule has 0 aliphatic carbocycles. The first-order valence-corrected chi connectivity index (χ1v) is 7.25. The molecule has 0 spiro atoms. The Bertz CT molecular complexity index is 758. The number of rotatable bonds is 2. The van der Waals surface area contributed by atoms with E-state index in [4.69, 9.17) is 11.6 Å². The van der Waals surface area contributed by atoms with E-state index in [0.29, 0.717) is 11.3 Å². The fourth-order valence-corrected chi connectivity index (χ4v) is 2.84. The molecule has 21 heavy (non-hydrogen) atoms. The molecule has 0 saturated carbocycles. The molecule has 3 nitrogen and oxygen atoms in total. The van der Waals surface area contributed by atoms with Gasteiger partial charge in [-0.15, -0.1) is 0 Å². The third-order valence-corrected chi connectivity index (χ3v) is 4.16. The van der Waals surface area contributed by atoms with E-state index in [0.717, 1.165) is 4.47 Å². The molecule has 106 valence electrons. The fourth-order valence-electron chi connectivity index (χ4n) is 2.27. The number of carbonyl (C=O) groups is 2. The summed E-state index contributed by atoms with van der Waals surface area (Å²) in [5, 5.41) is 0.221. The molecule has 3 rings (SSSR count). The molecule has 2 aromatic carbocycles. The standard InChI is InChI=1S/C15H8BrClFNO2/c16-8-4-5-9-13(6-8)19(15(21)14(9)20)7-10-11(17)2-1-3-12(10)18/h1-6H,7H2. The third kappa shape index (κ3) is 2.36. The second kappa shape index (κ2) is 5.24. The van der Waals surface area contributed by atoms with E-state index in [-0.39, 0.29) is 17.1 Å². The van der Waals surface area contributed by atoms with E-state index in [2.05, 4.69) is 15.9 Å². The van der Waals surface area contributed by atoms with Crippen LogP contribution in [0.1, 0.15) is 15.9 Å². The molecule has 1 amide bonds. The van der Waals surface area contributed by atoms with Crippen LogP contribution in [-0.2, 0) is 11.3 Å². The zero-order valence-electron chi connectivity index (χ0n) is 10.6. The molecule has 2 aromatic rings. The number of nitrogens with zero attached hydrogens (tertiary/aromatic N) is 1. The Balaban J connectivity index is 2.06. The minimum absolute atomic E-state index is 0.0838. The molecule has 0 bridgehead atoms. The Morgan fingerprint density at radius 1 is 1.19 bits per heavy atom. The molecule has 1 aliphatic rings. The molecule has 6 heteroatoms. The van der Waals surface area contributed by atoms with Crippen LogP contribution < -0.4 is 4.90 Å². The minimum Gasteiger partial charge on any atom is -0.300 e. The van der Waals surface area contributed by atoms with Crippen molar-refractivity contribution in [2.45, 2.75) is 6.54 Å². The maximum Gasteiger partial charge on any atom is 0.299 e. The van der Waals surface area contributed by atoms with Gasteiger partial charge in [0.15, 0.2) is 0 Å². The van der Waals surface area contributed by atoms with E-state index in [1.54, 1.807) is 24.3 Å². The van der Waals surface area contributed by atoms with E-state index >= 15 is 0 Å². The van der Waals surface area contributed by atoms with Crippen LogP contribution in [0.15, 0.2) is 40.9 Å². The van der Waals surface area contributed by atoms with E-state index in [1.807, 2.05) is 0 Å². The maximum atomic E-state index is 13.9. The van der Waals surface area contributed by atoms with Gasteiger partial charge in [-0.2, -0.15) is 0 Å². The normalized spacial score (nSPS) is 13.8. The first-order valence-electron chi connectivity index (χ1n) is 6.07. The zero-order chi connectivity index (χ0) is 15.1. The topological polar surface area (TPSA) is 37.4 Å². The van der Waals surface area contributed by atoms with Crippen LogP contribution in [0.25, 0.3) is 0 Å². The fraction of sp³-hybridized carbons (Fsp3) is 0.0667. The molecular weight excluding hydrogens is 361 g/mol. The number of amides is 1. The van der Waals surface area contributed by atoms with Gasteiger partial charge >= 0.3 is 0 Å². The number of Topliss-reactive ketones (excluding diaryl/α,β-unsaturated/α-hetero) is 1. The average molecular weight is 369 g/mol. The van der Waals surface area contributed by atoms with Gasteiger partial charge in [0.25, 0.3) is 11.7 Å². The van der Waals surface area contributed by atoms with Crippen LogP contribution in [-0.4, -0.2) is 11.7 Å². The Labute approximate surface area is 133 Å². The highest BCUT2D eigenvalue weighted by atomic mass is 79.9. The Morgan fingerprint density at radius 2 is 1.95 bits per heavy atom. The summed E-state index contributed by atoms with van der Waals surface area (Å²) in [6.07, 6.45) is 0. The van der Waals surface area contributed by atoms with Gasteiger partial charge in [0.2, 0.25) is 0 Å². The number of benzene rings is 2. The van der Waals surface area contributed by atoms with Crippen molar-refractivity contribution in [3.8, 4) is 0 Å². The summed E-state index contributed by atoms with van der Waals surface area (Å²) in [5.74, 6) is -1.78. The minimum atomic E-state index is -0.678. The summed E-state index contributed by atoms with van der Waals surface area (Å²) in [6.45, 7) is -0.0838. The SMILES string of the molecule is O=C1C(=O)N(Cc2c(F)cccc2Cl)c2cc(Br)ccc21. The second-order valence-corrected chi connectivity index (χ2v) is 5.90. The predicted molar refractivity (Wildman–Crippen MR) is 81.1 cm³/mol. The molecule has 0 unspecified atom stereocenters. The van der Waals surface area contributed by atoms with Crippen molar-refractivity contribution in [2.75, 3.05) is 4.90 Å². The van der Waals surface area contributed by atoms with E-state index in [9.17, 15) is 14.0 Å². The molecule has 0 saturated heterocycles. The highest BCUT2D eigenvalue weighted by molar-refractivity contribution is 9.10. The highest BCUT2D eigenvalue weighted by Gasteiger charge is 2.36. The van der Waals surface area contributed by atoms with Crippen LogP contribution in [0.2, 0.25) is 5.02 Å². The largest absolute Gasteiger partial charge is 0.300 e. The maximum absolute atomic E-state index is 13.9. The number of halogens is 3. The van der Waals surface area contributed by atoms with Gasteiger partial charge in [-0.3, -0.25) is 9.59 Å². The van der Waals surface area contributed by atoms with Crippen molar-refractivity contribution in [3.63, 3.8) is 0 Å². The summed E-state index contributed by atoms with van der Waals surface area (Å²) in [6, 6.07) is 9.22. The predicted octanol–water partition coefficient (Wildman–Crippen LogP) is 3.97. The Hall–Kier alpha value is -1.72. The van der Waals surface area contributed by atoms with Crippen LogP contribution in [0.5, 0.6) is 0 Å². The Kier molecular flexibility index (Phi) is 3.55. The first kappa shape index (κ1) is 14.2. The molecule has 1 aliphatic heterocycles. The van der Waals surface area contributed by atoms with Crippen molar-refractivity contribution in [3.05, 3.63) is 62.8 Å². The number of hydrogen-bond acceptors (Lipinski definition) is 2. The average Bonchev–Trinajstić information content (AvgIpc) is 2.67. The number of fused-ring (bicyclic) bond motifs is 1. The lowest BCUT2D eigenvalue weighted by Gasteiger charge is -2.18. The molecular formula is C15H8BrClFNO2. The van der Waals surface area contributed by atoms with E-state index < -0.39 is 17.5 Å². The van der Waals surface area contributed by atoms with E-state index in [1.165, 1.54) is 17.0 Å². The number of anilines is 1. The molecule has 0 atom stereocenters. The van der Waals surface area contributed by atoms with Crippen molar-refractivity contribution >= 4 is 44.9 Å². The summed E-state index contributed by atoms with van der Waals surface area (Å²) in [7, 11) is 0. The molecule has 0 radical (unpaired) electrons. The van der Waals surface area contributed by atoms with Crippen molar-refractivity contribution < 1.29 is 14.0 Å². The first-order chi connectivity index (χ1) is 9.99. The summed E-state index contributed by atoms with van der Waals surface area (Å²) in [5.41, 5.74) is 0.961. The van der Waals surface area contributed by atoms with Crippen molar-refractivity contribution in [1.82, 2.24) is 0 Å². The summed E-state index contributed by atoms with van der Waals surface area (Å²) < 4.78 is 14.6. The quantitative estimate of drug-likeness (QED) is 0.752. The number of carbonyl (C=O) groups excluding carboxylic acids is 2. The lowest BCUT2D eigenvalue weighted by atomic mass is 10.1. The molecule has 0 fully saturated rings. The lowest BCUT2D eigenvalue weighted by Crippen LogP contribution is -2.29.